The van der Waals surface area contributed by atoms with E-state index in [2.05, 4.69) is 34.7 Å². The van der Waals surface area contributed by atoms with E-state index in [-0.39, 0.29) is 5.41 Å². The largest absolute Gasteiger partial charge is 0.336 e. The Balaban J connectivity index is 1.74. The SMILES string of the molecule is CC1(C)CC1C(=O)N1C2CCC1CC(Br)C2. The molecule has 2 bridgehead atoms. The number of fused-ring (bicyclic) bond motifs is 2. The molecule has 0 N–H and O–H groups in total. The van der Waals surface area contributed by atoms with Crippen LogP contribution in [-0.4, -0.2) is 27.7 Å². The summed E-state index contributed by atoms with van der Waals surface area (Å²) in [5, 5.41) is 0. The number of piperidine rings is 1. The second-order valence-electron chi connectivity index (χ2n) is 6.44. The highest BCUT2D eigenvalue weighted by atomic mass is 79.9. The first-order chi connectivity index (χ1) is 7.49. The van der Waals surface area contributed by atoms with Gasteiger partial charge < -0.3 is 4.90 Å². The molecule has 2 heterocycles. The maximum atomic E-state index is 12.5. The molecule has 0 radical (unpaired) electrons. The van der Waals surface area contributed by atoms with Crippen molar-refractivity contribution >= 4 is 21.8 Å². The quantitative estimate of drug-likeness (QED) is 0.679. The van der Waals surface area contributed by atoms with Crippen LogP contribution < -0.4 is 0 Å². The third-order valence-electron chi connectivity index (χ3n) is 4.74. The van der Waals surface area contributed by atoms with E-state index in [9.17, 15) is 4.79 Å². The van der Waals surface area contributed by atoms with Gasteiger partial charge in [0.1, 0.15) is 0 Å². The van der Waals surface area contributed by atoms with Crippen LogP contribution in [0.2, 0.25) is 0 Å². The molecule has 0 aromatic carbocycles. The molecule has 0 spiro atoms. The maximum absolute atomic E-state index is 12.5. The zero-order chi connectivity index (χ0) is 11.5. The lowest BCUT2D eigenvalue weighted by molar-refractivity contribution is -0.137. The van der Waals surface area contributed by atoms with Gasteiger partial charge in [0.2, 0.25) is 5.91 Å². The van der Waals surface area contributed by atoms with Gasteiger partial charge in [-0.15, -0.1) is 0 Å². The van der Waals surface area contributed by atoms with E-state index in [1.165, 1.54) is 12.8 Å². The minimum atomic E-state index is 0.280. The Hall–Kier alpha value is -0.0500. The van der Waals surface area contributed by atoms with E-state index in [1.54, 1.807) is 0 Å². The molecule has 1 saturated carbocycles. The number of hydrogen-bond donors (Lipinski definition) is 0. The molecule has 0 aromatic rings. The van der Waals surface area contributed by atoms with Crippen LogP contribution >= 0.6 is 15.9 Å². The number of hydrogen-bond acceptors (Lipinski definition) is 1. The van der Waals surface area contributed by atoms with E-state index >= 15 is 0 Å². The summed E-state index contributed by atoms with van der Waals surface area (Å²) in [7, 11) is 0. The van der Waals surface area contributed by atoms with Crippen LogP contribution in [0.5, 0.6) is 0 Å². The van der Waals surface area contributed by atoms with Gasteiger partial charge in [-0.2, -0.15) is 0 Å². The molecule has 3 unspecified atom stereocenters. The molecule has 3 aliphatic rings. The number of amides is 1. The summed E-state index contributed by atoms with van der Waals surface area (Å²) in [6, 6.07) is 1.07. The Bertz CT molecular complexity index is 314. The highest BCUT2D eigenvalue weighted by Crippen LogP contribution is 2.54. The standard InChI is InChI=1S/C13H20BrNO/c1-13(2)7-11(13)12(16)15-9-3-4-10(15)6-8(14)5-9/h8-11H,3-7H2,1-2H3. The van der Waals surface area contributed by atoms with Crippen molar-refractivity contribution in [2.24, 2.45) is 11.3 Å². The highest BCUT2D eigenvalue weighted by Gasteiger charge is 2.55. The topological polar surface area (TPSA) is 20.3 Å². The minimum absolute atomic E-state index is 0.280. The first kappa shape index (κ1) is 11.1. The molecule has 1 aliphatic carbocycles. The molecule has 3 heteroatoms. The Morgan fingerprint density at radius 1 is 1.25 bits per heavy atom. The van der Waals surface area contributed by atoms with Gasteiger partial charge in [0.05, 0.1) is 0 Å². The number of carbonyl (C=O) groups is 1. The van der Waals surface area contributed by atoms with Gasteiger partial charge in [0.15, 0.2) is 0 Å². The molecule has 3 fully saturated rings. The van der Waals surface area contributed by atoms with Gasteiger partial charge in [-0.1, -0.05) is 29.8 Å². The molecule has 3 rings (SSSR count). The summed E-state index contributed by atoms with van der Waals surface area (Å²) < 4.78 is 0. The van der Waals surface area contributed by atoms with Gasteiger partial charge in [0.25, 0.3) is 0 Å². The van der Waals surface area contributed by atoms with Gasteiger partial charge in [-0.3, -0.25) is 4.79 Å². The zero-order valence-electron chi connectivity index (χ0n) is 10.1. The molecule has 16 heavy (non-hydrogen) atoms. The third kappa shape index (κ3) is 1.62. The predicted molar refractivity (Wildman–Crippen MR) is 67.5 cm³/mol. The van der Waals surface area contributed by atoms with Crippen LogP contribution in [0.1, 0.15) is 46.0 Å². The molecule has 2 nitrogen and oxygen atoms in total. The summed E-state index contributed by atoms with van der Waals surface area (Å²) in [6.07, 6.45) is 5.88. The second-order valence-corrected chi connectivity index (χ2v) is 7.74. The van der Waals surface area contributed by atoms with Crippen molar-refractivity contribution in [3.63, 3.8) is 0 Å². The Kier molecular flexibility index (Phi) is 2.40. The van der Waals surface area contributed by atoms with Crippen molar-refractivity contribution in [2.45, 2.75) is 62.9 Å². The number of rotatable bonds is 1. The van der Waals surface area contributed by atoms with Crippen LogP contribution in [-0.2, 0) is 4.79 Å². The summed E-state index contributed by atoms with van der Waals surface area (Å²) in [5.41, 5.74) is 0.280. The monoisotopic (exact) mass is 285 g/mol. The summed E-state index contributed by atoms with van der Waals surface area (Å²) in [4.78, 5) is 15.3. The van der Waals surface area contributed by atoms with Crippen LogP contribution in [0.15, 0.2) is 0 Å². The van der Waals surface area contributed by atoms with Crippen molar-refractivity contribution in [3.05, 3.63) is 0 Å². The van der Waals surface area contributed by atoms with Gasteiger partial charge in [-0.25, -0.2) is 0 Å². The Morgan fingerprint density at radius 2 is 1.75 bits per heavy atom. The molecule has 1 amide bonds. The van der Waals surface area contributed by atoms with Crippen LogP contribution in [0.3, 0.4) is 0 Å². The average Bonchev–Trinajstić information content (AvgIpc) is 2.74. The van der Waals surface area contributed by atoms with Crippen molar-refractivity contribution in [2.75, 3.05) is 0 Å². The smallest absolute Gasteiger partial charge is 0.226 e. The Labute approximate surface area is 106 Å². The third-order valence-corrected chi connectivity index (χ3v) is 5.49. The van der Waals surface area contributed by atoms with Crippen LogP contribution in [0.25, 0.3) is 0 Å². The van der Waals surface area contributed by atoms with Crippen molar-refractivity contribution < 1.29 is 4.79 Å². The van der Waals surface area contributed by atoms with Gasteiger partial charge in [-0.05, 0) is 37.5 Å². The van der Waals surface area contributed by atoms with E-state index in [1.807, 2.05) is 0 Å². The molecular formula is C13H20BrNO. The zero-order valence-corrected chi connectivity index (χ0v) is 11.7. The van der Waals surface area contributed by atoms with Gasteiger partial charge in [0, 0.05) is 22.8 Å². The van der Waals surface area contributed by atoms with Crippen LogP contribution in [0.4, 0.5) is 0 Å². The number of carbonyl (C=O) groups excluding carboxylic acids is 1. The summed E-state index contributed by atoms with van der Waals surface area (Å²) >= 11 is 3.72. The molecule has 90 valence electrons. The fourth-order valence-corrected chi connectivity index (χ4v) is 4.40. The lowest BCUT2D eigenvalue weighted by Gasteiger charge is -2.37. The van der Waals surface area contributed by atoms with E-state index < -0.39 is 0 Å². The van der Waals surface area contributed by atoms with Crippen molar-refractivity contribution in [1.82, 2.24) is 4.90 Å². The second kappa shape index (κ2) is 3.47. The lowest BCUT2D eigenvalue weighted by atomic mass is 10.0. The first-order valence-corrected chi connectivity index (χ1v) is 7.37. The predicted octanol–water partition coefficient (Wildman–Crippen LogP) is 2.95. The molecular weight excluding hydrogens is 266 g/mol. The van der Waals surface area contributed by atoms with Crippen LogP contribution in [0, 0.1) is 11.3 Å². The van der Waals surface area contributed by atoms with Crippen molar-refractivity contribution in [1.29, 1.82) is 0 Å². The number of halogens is 1. The van der Waals surface area contributed by atoms with E-state index in [4.69, 9.17) is 0 Å². The fourth-order valence-electron chi connectivity index (χ4n) is 3.54. The van der Waals surface area contributed by atoms with Crippen molar-refractivity contribution in [3.8, 4) is 0 Å². The molecule has 2 aliphatic heterocycles. The molecule has 3 atom stereocenters. The minimum Gasteiger partial charge on any atom is -0.336 e. The fraction of sp³-hybridized carbons (Fsp3) is 0.923. The molecule has 2 saturated heterocycles. The Morgan fingerprint density at radius 3 is 2.19 bits per heavy atom. The highest BCUT2D eigenvalue weighted by molar-refractivity contribution is 9.09. The van der Waals surface area contributed by atoms with Gasteiger partial charge >= 0.3 is 0 Å². The van der Waals surface area contributed by atoms with E-state index in [0.29, 0.717) is 28.7 Å². The number of alkyl halides is 1. The average molecular weight is 286 g/mol. The molecule has 0 aromatic heterocycles. The summed E-state index contributed by atoms with van der Waals surface area (Å²) in [5.74, 6) is 0.777. The van der Waals surface area contributed by atoms with E-state index in [0.717, 1.165) is 19.3 Å². The lowest BCUT2D eigenvalue weighted by Crippen LogP contribution is -2.47. The number of nitrogens with zero attached hydrogens (tertiary/aromatic N) is 1. The summed E-state index contributed by atoms with van der Waals surface area (Å²) in [6.45, 7) is 4.43. The normalized spacial score (nSPS) is 44.6. The maximum Gasteiger partial charge on any atom is 0.226 e. The first-order valence-electron chi connectivity index (χ1n) is 6.45.